The number of fused-ring (bicyclic) bond motifs is 1. The molecule has 1 atom stereocenters. The van der Waals surface area contributed by atoms with Gasteiger partial charge in [0.15, 0.2) is 0 Å². The van der Waals surface area contributed by atoms with Crippen LogP contribution in [0.3, 0.4) is 0 Å². The highest BCUT2D eigenvalue weighted by Crippen LogP contribution is 2.24. The molecule has 5 nitrogen and oxygen atoms in total. The molecule has 1 N–H and O–H groups in total. The molecule has 0 unspecified atom stereocenters. The first-order chi connectivity index (χ1) is 11.6. The Morgan fingerprint density at radius 2 is 2.00 bits per heavy atom. The second kappa shape index (κ2) is 6.83. The Hall–Kier alpha value is -2.69. The molecular formula is C19H22N4O. The number of nitrogens with zero attached hydrogens (tertiary/aromatic N) is 3. The largest absolute Gasteiger partial charge is 0.342 e. The van der Waals surface area contributed by atoms with Crippen LogP contribution in [-0.4, -0.2) is 20.4 Å². The van der Waals surface area contributed by atoms with Gasteiger partial charge in [0.05, 0.1) is 22.6 Å². The van der Waals surface area contributed by atoms with E-state index in [-0.39, 0.29) is 11.9 Å². The van der Waals surface area contributed by atoms with Gasteiger partial charge in [0.25, 0.3) is 5.91 Å². The molecule has 3 aromatic rings. The first-order valence-corrected chi connectivity index (χ1v) is 8.18. The summed E-state index contributed by atoms with van der Waals surface area (Å²) in [6, 6.07) is 11.4. The molecule has 124 valence electrons. The summed E-state index contributed by atoms with van der Waals surface area (Å²) in [4.78, 5) is 21.3. The van der Waals surface area contributed by atoms with Crippen molar-refractivity contribution < 1.29 is 4.79 Å². The number of aryl methyl sites for hydroxylation is 1. The maximum Gasteiger partial charge on any atom is 0.253 e. The van der Waals surface area contributed by atoms with Gasteiger partial charge >= 0.3 is 0 Å². The Labute approximate surface area is 141 Å². The summed E-state index contributed by atoms with van der Waals surface area (Å²) in [5.41, 5.74) is 2.57. The minimum absolute atomic E-state index is 0.124. The second-order valence-corrected chi connectivity index (χ2v) is 6.42. The molecule has 0 spiro atoms. The van der Waals surface area contributed by atoms with Gasteiger partial charge in [0.2, 0.25) is 0 Å². The highest BCUT2D eigenvalue weighted by atomic mass is 16.1. The number of hydrogen-bond acceptors (Lipinski definition) is 3. The fraction of sp³-hybridized carbons (Fsp3) is 0.316. The number of amides is 1. The predicted octanol–water partition coefficient (Wildman–Crippen LogP) is 3.49. The topological polar surface area (TPSA) is 59.8 Å². The third kappa shape index (κ3) is 3.30. The molecule has 3 rings (SSSR count). The number of rotatable bonds is 5. The van der Waals surface area contributed by atoms with E-state index in [1.807, 2.05) is 31.3 Å². The molecule has 1 aromatic carbocycles. The number of carbonyl (C=O) groups is 1. The van der Waals surface area contributed by atoms with Crippen LogP contribution < -0.4 is 5.32 Å². The number of para-hydroxylation sites is 2. The molecule has 0 saturated heterocycles. The maximum atomic E-state index is 12.5. The number of benzene rings is 1. The van der Waals surface area contributed by atoms with E-state index >= 15 is 0 Å². The molecule has 5 heteroatoms. The van der Waals surface area contributed by atoms with Gasteiger partial charge < -0.3 is 9.88 Å². The van der Waals surface area contributed by atoms with Crippen molar-refractivity contribution in [2.75, 3.05) is 0 Å². The van der Waals surface area contributed by atoms with Gasteiger partial charge in [-0.05, 0) is 36.6 Å². The van der Waals surface area contributed by atoms with E-state index in [0.717, 1.165) is 23.3 Å². The summed E-state index contributed by atoms with van der Waals surface area (Å²) in [6.07, 6.45) is 4.06. The average Bonchev–Trinajstić information content (AvgIpc) is 2.92. The second-order valence-electron chi connectivity index (χ2n) is 6.42. The summed E-state index contributed by atoms with van der Waals surface area (Å²) in [7, 11) is 1.99. The van der Waals surface area contributed by atoms with Crippen molar-refractivity contribution in [3.05, 3.63) is 60.2 Å². The summed E-state index contributed by atoms with van der Waals surface area (Å²) >= 11 is 0. The Morgan fingerprint density at radius 3 is 2.67 bits per heavy atom. The van der Waals surface area contributed by atoms with Crippen LogP contribution in [0.1, 0.15) is 42.5 Å². The Morgan fingerprint density at radius 1 is 1.21 bits per heavy atom. The highest BCUT2D eigenvalue weighted by molar-refractivity contribution is 5.94. The van der Waals surface area contributed by atoms with Crippen molar-refractivity contribution in [2.24, 2.45) is 13.0 Å². The lowest BCUT2D eigenvalue weighted by atomic mass is 10.0. The van der Waals surface area contributed by atoms with Crippen LogP contribution in [0.25, 0.3) is 11.0 Å². The number of hydrogen-bond donors (Lipinski definition) is 1. The molecule has 0 fully saturated rings. The standard InChI is InChI=1S/C19H22N4O/c1-13(2)11-16(22-19(24)14-7-6-10-20-12-14)18-21-15-8-4-5-9-17(15)23(18)3/h4-10,12-13,16H,11H2,1-3H3,(H,22,24)/t16-/m1/s1. The summed E-state index contributed by atoms with van der Waals surface area (Å²) < 4.78 is 2.06. The number of imidazole rings is 1. The molecule has 0 radical (unpaired) electrons. The minimum Gasteiger partial charge on any atom is -0.342 e. The summed E-state index contributed by atoms with van der Waals surface area (Å²) in [6.45, 7) is 4.29. The number of nitrogens with one attached hydrogen (secondary N) is 1. The van der Waals surface area contributed by atoms with Crippen LogP contribution in [0.4, 0.5) is 0 Å². The Bertz CT molecular complexity index is 839. The van der Waals surface area contributed by atoms with Crippen LogP contribution in [0.5, 0.6) is 0 Å². The van der Waals surface area contributed by atoms with Crippen LogP contribution in [-0.2, 0) is 7.05 Å². The fourth-order valence-corrected chi connectivity index (χ4v) is 2.91. The van der Waals surface area contributed by atoms with Gasteiger partial charge in [-0.2, -0.15) is 0 Å². The monoisotopic (exact) mass is 322 g/mol. The smallest absolute Gasteiger partial charge is 0.253 e. The first-order valence-electron chi connectivity index (χ1n) is 8.18. The molecule has 1 amide bonds. The molecule has 2 aromatic heterocycles. The first kappa shape index (κ1) is 16.2. The SMILES string of the molecule is CC(C)C[C@@H](NC(=O)c1cccnc1)c1nc2ccccc2n1C. The summed E-state index contributed by atoms with van der Waals surface area (Å²) in [5, 5.41) is 3.12. The summed E-state index contributed by atoms with van der Waals surface area (Å²) in [5.74, 6) is 1.19. The van der Waals surface area contributed by atoms with E-state index in [1.54, 1.807) is 24.5 Å². The number of carbonyl (C=O) groups excluding carboxylic acids is 1. The van der Waals surface area contributed by atoms with Crippen molar-refractivity contribution >= 4 is 16.9 Å². The molecule has 0 saturated carbocycles. The van der Waals surface area contributed by atoms with E-state index in [0.29, 0.717) is 11.5 Å². The maximum absolute atomic E-state index is 12.5. The lowest BCUT2D eigenvalue weighted by Gasteiger charge is -2.20. The van der Waals surface area contributed by atoms with Gasteiger partial charge in [-0.15, -0.1) is 0 Å². The van der Waals surface area contributed by atoms with Crippen LogP contribution in [0.15, 0.2) is 48.8 Å². The van der Waals surface area contributed by atoms with Gasteiger partial charge in [0, 0.05) is 19.4 Å². The van der Waals surface area contributed by atoms with E-state index in [1.165, 1.54) is 0 Å². The normalized spacial score (nSPS) is 12.5. The van der Waals surface area contributed by atoms with Crippen molar-refractivity contribution in [1.82, 2.24) is 19.9 Å². The van der Waals surface area contributed by atoms with E-state index in [4.69, 9.17) is 4.98 Å². The van der Waals surface area contributed by atoms with E-state index in [2.05, 4.69) is 28.7 Å². The van der Waals surface area contributed by atoms with Crippen molar-refractivity contribution in [1.29, 1.82) is 0 Å². The quantitative estimate of drug-likeness (QED) is 0.782. The van der Waals surface area contributed by atoms with Crippen LogP contribution >= 0.6 is 0 Å². The van der Waals surface area contributed by atoms with Gasteiger partial charge in [-0.3, -0.25) is 9.78 Å². The lowest BCUT2D eigenvalue weighted by Crippen LogP contribution is -2.31. The third-order valence-electron chi connectivity index (χ3n) is 4.07. The molecule has 0 aliphatic rings. The van der Waals surface area contributed by atoms with Crippen molar-refractivity contribution in [3.63, 3.8) is 0 Å². The molecule has 0 aliphatic heterocycles. The molecular weight excluding hydrogens is 300 g/mol. The zero-order valence-corrected chi connectivity index (χ0v) is 14.2. The fourth-order valence-electron chi connectivity index (χ4n) is 2.91. The van der Waals surface area contributed by atoms with E-state index < -0.39 is 0 Å². The van der Waals surface area contributed by atoms with Crippen molar-refractivity contribution in [3.8, 4) is 0 Å². The van der Waals surface area contributed by atoms with Gasteiger partial charge in [0.1, 0.15) is 5.82 Å². The number of pyridine rings is 1. The zero-order chi connectivity index (χ0) is 17.1. The van der Waals surface area contributed by atoms with Gasteiger partial charge in [-0.1, -0.05) is 26.0 Å². The molecule has 2 heterocycles. The third-order valence-corrected chi connectivity index (χ3v) is 4.07. The zero-order valence-electron chi connectivity index (χ0n) is 14.2. The Balaban J connectivity index is 1.93. The predicted molar refractivity (Wildman–Crippen MR) is 94.6 cm³/mol. The van der Waals surface area contributed by atoms with Crippen LogP contribution in [0.2, 0.25) is 0 Å². The average molecular weight is 322 g/mol. The van der Waals surface area contributed by atoms with Gasteiger partial charge in [-0.25, -0.2) is 4.98 Å². The van der Waals surface area contributed by atoms with Crippen molar-refractivity contribution in [2.45, 2.75) is 26.3 Å². The molecule has 0 bridgehead atoms. The van der Waals surface area contributed by atoms with E-state index in [9.17, 15) is 4.79 Å². The molecule has 0 aliphatic carbocycles. The number of aromatic nitrogens is 3. The molecule has 24 heavy (non-hydrogen) atoms. The lowest BCUT2D eigenvalue weighted by molar-refractivity contribution is 0.0929. The Kier molecular flexibility index (Phi) is 4.60. The highest BCUT2D eigenvalue weighted by Gasteiger charge is 2.22. The minimum atomic E-state index is -0.143. The van der Waals surface area contributed by atoms with Crippen LogP contribution in [0, 0.1) is 5.92 Å².